The maximum Gasteiger partial charge on any atom is 0.147 e. The second-order valence-electron chi connectivity index (χ2n) is 5.97. The molecule has 1 aliphatic rings. The summed E-state index contributed by atoms with van der Waals surface area (Å²) in [6.45, 7) is 2.65. The highest BCUT2D eigenvalue weighted by molar-refractivity contribution is 5.85. The lowest BCUT2D eigenvalue weighted by Crippen LogP contribution is -2.32. The maximum absolute atomic E-state index is 14.4. The fourth-order valence-electron chi connectivity index (χ4n) is 3.65. The SMILES string of the molecule is Cc1cn(C)c2c(F)cc(C3(CN)CCCC3)cc12. The average molecular weight is 260 g/mol. The number of nitrogens with zero attached hydrogens (tertiary/aromatic N) is 1. The zero-order valence-electron chi connectivity index (χ0n) is 11.7. The van der Waals surface area contributed by atoms with Crippen molar-refractivity contribution in [1.82, 2.24) is 4.57 Å². The number of hydrogen-bond acceptors (Lipinski definition) is 1. The van der Waals surface area contributed by atoms with Gasteiger partial charge in [0, 0.05) is 30.6 Å². The minimum absolute atomic E-state index is 0.00267. The van der Waals surface area contributed by atoms with Gasteiger partial charge in [-0.15, -0.1) is 0 Å². The summed E-state index contributed by atoms with van der Waals surface area (Å²) in [5.74, 6) is -0.122. The van der Waals surface area contributed by atoms with Gasteiger partial charge in [-0.25, -0.2) is 4.39 Å². The molecule has 0 amide bonds. The summed E-state index contributed by atoms with van der Waals surface area (Å²) in [7, 11) is 1.90. The van der Waals surface area contributed by atoms with E-state index < -0.39 is 0 Å². The topological polar surface area (TPSA) is 30.9 Å². The Morgan fingerprint density at radius 3 is 2.63 bits per heavy atom. The number of halogens is 1. The molecule has 0 radical (unpaired) electrons. The van der Waals surface area contributed by atoms with Gasteiger partial charge in [-0.3, -0.25) is 0 Å². The molecule has 1 fully saturated rings. The first kappa shape index (κ1) is 12.7. The van der Waals surface area contributed by atoms with Crippen molar-refractivity contribution in [2.45, 2.75) is 38.0 Å². The molecule has 2 aromatic rings. The molecule has 0 aliphatic heterocycles. The first-order valence-electron chi connectivity index (χ1n) is 7.03. The van der Waals surface area contributed by atoms with Crippen LogP contribution >= 0.6 is 0 Å². The van der Waals surface area contributed by atoms with Crippen LogP contribution in [0.15, 0.2) is 18.3 Å². The summed E-state index contributed by atoms with van der Waals surface area (Å²) >= 11 is 0. The van der Waals surface area contributed by atoms with Crippen molar-refractivity contribution in [3.8, 4) is 0 Å². The molecule has 2 nitrogen and oxygen atoms in total. The van der Waals surface area contributed by atoms with E-state index in [1.54, 1.807) is 6.07 Å². The number of aromatic nitrogens is 1. The normalized spacial score (nSPS) is 18.3. The van der Waals surface area contributed by atoms with Crippen LogP contribution in [0.5, 0.6) is 0 Å². The number of hydrogen-bond donors (Lipinski definition) is 1. The Kier molecular flexibility index (Phi) is 2.90. The fourth-order valence-corrected chi connectivity index (χ4v) is 3.65. The van der Waals surface area contributed by atoms with Gasteiger partial charge in [-0.1, -0.05) is 12.8 Å². The van der Waals surface area contributed by atoms with E-state index in [2.05, 4.69) is 6.07 Å². The molecule has 1 aromatic carbocycles. The summed E-state index contributed by atoms with van der Waals surface area (Å²) in [5, 5.41) is 1.03. The van der Waals surface area contributed by atoms with Crippen LogP contribution in [0, 0.1) is 12.7 Å². The highest BCUT2D eigenvalue weighted by atomic mass is 19.1. The Hall–Kier alpha value is -1.35. The quantitative estimate of drug-likeness (QED) is 0.881. The minimum atomic E-state index is -0.122. The molecular weight excluding hydrogens is 239 g/mol. The average Bonchev–Trinajstić information content (AvgIpc) is 2.96. The number of fused-ring (bicyclic) bond motifs is 1. The van der Waals surface area contributed by atoms with Crippen LogP contribution in [0.4, 0.5) is 4.39 Å². The summed E-state index contributed by atoms with van der Waals surface area (Å²) in [6, 6.07) is 3.87. The minimum Gasteiger partial charge on any atom is -0.348 e. The third-order valence-corrected chi connectivity index (χ3v) is 4.79. The van der Waals surface area contributed by atoms with Gasteiger partial charge in [0.15, 0.2) is 0 Å². The van der Waals surface area contributed by atoms with Gasteiger partial charge < -0.3 is 10.3 Å². The van der Waals surface area contributed by atoms with Gasteiger partial charge in [0.25, 0.3) is 0 Å². The Morgan fingerprint density at radius 2 is 2.00 bits per heavy atom. The van der Waals surface area contributed by atoms with Crippen LogP contribution in [0.2, 0.25) is 0 Å². The molecule has 3 heteroatoms. The van der Waals surface area contributed by atoms with Crippen molar-refractivity contribution in [1.29, 1.82) is 0 Å². The Morgan fingerprint density at radius 1 is 1.32 bits per heavy atom. The standard InChI is InChI=1S/C16H21FN2/c1-11-9-19(2)15-13(11)7-12(8-14(15)17)16(10-18)5-3-4-6-16/h7-9H,3-6,10,18H2,1-2H3. The molecule has 1 aromatic heterocycles. The van der Waals surface area contributed by atoms with Crippen molar-refractivity contribution in [3.05, 3.63) is 35.3 Å². The monoisotopic (exact) mass is 260 g/mol. The molecule has 102 valence electrons. The number of aryl methyl sites for hydroxylation is 2. The van der Waals surface area contributed by atoms with Crippen LogP contribution in [0.25, 0.3) is 10.9 Å². The van der Waals surface area contributed by atoms with E-state index in [1.807, 2.05) is 24.7 Å². The van der Waals surface area contributed by atoms with Crippen LogP contribution in [0.1, 0.15) is 36.8 Å². The van der Waals surface area contributed by atoms with Gasteiger partial charge in [0.2, 0.25) is 0 Å². The van der Waals surface area contributed by atoms with Crippen LogP contribution < -0.4 is 5.73 Å². The van der Waals surface area contributed by atoms with Gasteiger partial charge >= 0.3 is 0 Å². The molecule has 19 heavy (non-hydrogen) atoms. The molecule has 1 heterocycles. The predicted octanol–water partition coefficient (Wildman–Crippen LogP) is 3.40. The van der Waals surface area contributed by atoms with E-state index in [0.717, 1.165) is 29.4 Å². The Labute approximate surface area is 113 Å². The van der Waals surface area contributed by atoms with Crippen LogP contribution in [-0.4, -0.2) is 11.1 Å². The summed E-state index contributed by atoms with van der Waals surface area (Å²) in [6.07, 6.45) is 6.55. The predicted molar refractivity (Wildman–Crippen MR) is 76.8 cm³/mol. The van der Waals surface area contributed by atoms with Gasteiger partial charge in [-0.2, -0.15) is 0 Å². The number of rotatable bonds is 2. The van der Waals surface area contributed by atoms with Crippen LogP contribution in [0.3, 0.4) is 0 Å². The highest BCUT2D eigenvalue weighted by Crippen LogP contribution is 2.42. The maximum atomic E-state index is 14.4. The van der Waals surface area contributed by atoms with Gasteiger partial charge in [0.1, 0.15) is 5.82 Å². The van der Waals surface area contributed by atoms with Gasteiger partial charge in [0.05, 0.1) is 5.52 Å². The van der Waals surface area contributed by atoms with E-state index in [-0.39, 0.29) is 11.2 Å². The van der Waals surface area contributed by atoms with E-state index in [1.165, 1.54) is 12.8 Å². The van der Waals surface area contributed by atoms with E-state index >= 15 is 0 Å². The second-order valence-corrected chi connectivity index (χ2v) is 5.97. The highest BCUT2D eigenvalue weighted by Gasteiger charge is 2.35. The summed E-state index contributed by atoms with van der Waals surface area (Å²) in [4.78, 5) is 0. The molecule has 1 saturated carbocycles. The number of benzene rings is 1. The van der Waals surface area contributed by atoms with E-state index in [9.17, 15) is 4.39 Å². The first-order valence-corrected chi connectivity index (χ1v) is 7.03. The van der Waals surface area contributed by atoms with Crippen molar-refractivity contribution in [3.63, 3.8) is 0 Å². The van der Waals surface area contributed by atoms with Crippen LogP contribution in [-0.2, 0) is 12.5 Å². The molecule has 3 rings (SSSR count). The van der Waals surface area contributed by atoms with Gasteiger partial charge in [-0.05, 0) is 43.0 Å². The third kappa shape index (κ3) is 1.79. The lowest BCUT2D eigenvalue weighted by atomic mass is 9.78. The number of nitrogens with two attached hydrogens (primary N) is 1. The van der Waals surface area contributed by atoms with Crippen molar-refractivity contribution in [2.75, 3.05) is 6.54 Å². The largest absolute Gasteiger partial charge is 0.348 e. The van der Waals surface area contributed by atoms with E-state index in [0.29, 0.717) is 12.1 Å². The zero-order chi connectivity index (χ0) is 13.6. The molecule has 0 spiro atoms. The first-order chi connectivity index (χ1) is 9.07. The third-order valence-electron chi connectivity index (χ3n) is 4.79. The molecule has 1 aliphatic carbocycles. The fraction of sp³-hybridized carbons (Fsp3) is 0.500. The lowest BCUT2D eigenvalue weighted by molar-refractivity contribution is 0.450. The molecule has 0 atom stereocenters. The molecule has 0 unspecified atom stereocenters. The van der Waals surface area contributed by atoms with Crippen molar-refractivity contribution in [2.24, 2.45) is 12.8 Å². The Balaban J connectivity index is 2.23. The summed E-state index contributed by atoms with van der Waals surface area (Å²) in [5.41, 5.74) is 8.93. The lowest BCUT2D eigenvalue weighted by Gasteiger charge is -2.28. The molecule has 0 saturated heterocycles. The zero-order valence-corrected chi connectivity index (χ0v) is 11.7. The van der Waals surface area contributed by atoms with E-state index in [4.69, 9.17) is 5.73 Å². The van der Waals surface area contributed by atoms with Crippen molar-refractivity contribution >= 4 is 10.9 Å². The van der Waals surface area contributed by atoms with Crippen molar-refractivity contribution < 1.29 is 4.39 Å². The Bertz CT molecular complexity index is 621. The molecule has 2 N–H and O–H groups in total. The summed E-state index contributed by atoms with van der Waals surface area (Å²) < 4.78 is 16.3. The molecule has 0 bridgehead atoms. The smallest absolute Gasteiger partial charge is 0.147 e. The second kappa shape index (κ2) is 4.34. The molecular formula is C16H21FN2.